The number of rotatable bonds is 2. The highest BCUT2D eigenvalue weighted by Gasteiger charge is 2.34. The Bertz CT molecular complexity index is 516. The van der Waals surface area contributed by atoms with Gasteiger partial charge in [-0.3, -0.25) is 4.79 Å². The molecule has 20 heavy (non-hydrogen) atoms. The standard InChI is InChI=1S/C15H20N2O3/c1-10(16)15(18)17-7-3-5-12(17)11-4-2-6-13-14(11)20-9-8-19-13/h2,4,6,10,12H,3,5,7-9,16H2,1H3/t10-,12?/m0/s1. The third-order valence-corrected chi connectivity index (χ3v) is 3.88. The number of amides is 1. The van der Waals surface area contributed by atoms with Gasteiger partial charge in [0.1, 0.15) is 13.2 Å². The van der Waals surface area contributed by atoms with E-state index in [9.17, 15) is 4.79 Å². The largest absolute Gasteiger partial charge is 0.486 e. The van der Waals surface area contributed by atoms with Crippen molar-refractivity contribution in [3.05, 3.63) is 23.8 Å². The van der Waals surface area contributed by atoms with E-state index < -0.39 is 6.04 Å². The molecule has 0 radical (unpaired) electrons. The van der Waals surface area contributed by atoms with E-state index in [4.69, 9.17) is 15.2 Å². The molecule has 1 aromatic rings. The van der Waals surface area contributed by atoms with Gasteiger partial charge >= 0.3 is 0 Å². The van der Waals surface area contributed by atoms with E-state index >= 15 is 0 Å². The number of nitrogens with zero attached hydrogens (tertiary/aromatic N) is 1. The molecule has 1 amide bonds. The van der Waals surface area contributed by atoms with Crippen LogP contribution in [0, 0.1) is 0 Å². The Morgan fingerprint density at radius 3 is 3.00 bits per heavy atom. The lowest BCUT2D eigenvalue weighted by Crippen LogP contribution is -2.41. The summed E-state index contributed by atoms with van der Waals surface area (Å²) in [6.45, 7) is 3.62. The fourth-order valence-corrected chi connectivity index (χ4v) is 2.97. The molecule has 0 aromatic heterocycles. The molecular weight excluding hydrogens is 256 g/mol. The van der Waals surface area contributed by atoms with Crippen LogP contribution in [0.3, 0.4) is 0 Å². The quantitative estimate of drug-likeness (QED) is 0.888. The molecule has 2 aliphatic rings. The van der Waals surface area contributed by atoms with Gasteiger partial charge in [0.05, 0.1) is 12.1 Å². The molecule has 0 aliphatic carbocycles. The van der Waals surface area contributed by atoms with Crippen LogP contribution in [-0.2, 0) is 4.79 Å². The molecule has 2 aliphatic heterocycles. The van der Waals surface area contributed by atoms with Gasteiger partial charge in [0.25, 0.3) is 0 Å². The second kappa shape index (κ2) is 5.32. The highest BCUT2D eigenvalue weighted by atomic mass is 16.6. The first-order valence-corrected chi connectivity index (χ1v) is 7.13. The number of likely N-dealkylation sites (tertiary alicyclic amines) is 1. The Morgan fingerprint density at radius 2 is 2.20 bits per heavy atom. The fraction of sp³-hybridized carbons (Fsp3) is 0.533. The smallest absolute Gasteiger partial charge is 0.239 e. The van der Waals surface area contributed by atoms with E-state index in [-0.39, 0.29) is 11.9 Å². The third-order valence-electron chi connectivity index (χ3n) is 3.88. The summed E-state index contributed by atoms with van der Waals surface area (Å²) in [5.41, 5.74) is 6.78. The first kappa shape index (κ1) is 13.2. The van der Waals surface area contributed by atoms with E-state index in [1.54, 1.807) is 6.92 Å². The number of benzene rings is 1. The number of hydrogen-bond acceptors (Lipinski definition) is 4. The molecule has 1 unspecified atom stereocenters. The van der Waals surface area contributed by atoms with Crippen LogP contribution >= 0.6 is 0 Å². The number of carbonyl (C=O) groups excluding carboxylic acids is 1. The van der Waals surface area contributed by atoms with Gasteiger partial charge in [0, 0.05) is 12.1 Å². The van der Waals surface area contributed by atoms with E-state index in [0.29, 0.717) is 13.2 Å². The van der Waals surface area contributed by atoms with Crippen LogP contribution in [0.2, 0.25) is 0 Å². The number of para-hydroxylation sites is 1. The Morgan fingerprint density at radius 1 is 1.40 bits per heavy atom. The second-order valence-corrected chi connectivity index (χ2v) is 5.35. The van der Waals surface area contributed by atoms with Crippen molar-refractivity contribution >= 4 is 5.91 Å². The van der Waals surface area contributed by atoms with Gasteiger partial charge in [-0.15, -0.1) is 0 Å². The zero-order chi connectivity index (χ0) is 14.1. The number of nitrogens with two attached hydrogens (primary N) is 1. The van der Waals surface area contributed by atoms with Crippen molar-refractivity contribution in [1.29, 1.82) is 0 Å². The second-order valence-electron chi connectivity index (χ2n) is 5.35. The fourth-order valence-electron chi connectivity index (χ4n) is 2.97. The lowest BCUT2D eigenvalue weighted by atomic mass is 10.0. The normalized spacial score (nSPS) is 22.7. The molecule has 108 valence electrons. The Labute approximate surface area is 118 Å². The maximum Gasteiger partial charge on any atom is 0.239 e. The number of fused-ring (bicyclic) bond motifs is 1. The van der Waals surface area contributed by atoms with Gasteiger partial charge in [-0.25, -0.2) is 0 Å². The minimum absolute atomic E-state index is 0.00170. The molecule has 5 heteroatoms. The predicted molar refractivity (Wildman–Crippen MR) is 74.8 cm³/mol. The summed E-state index contributed by atoms with van der Waals surface area (Å²) in [5, 5.41) is 0. The molecule has 0 spiro atoms. The summed E-state index contributed by atoms with van der Waals surface area (Å²) in [5.74, 6) is 1.56. The maximum atomic E-state index is 12.2. The summed E-state index contributed by atoms with van der Waals surface area (Å²) in [6.07, 6.45) is 1.94. The first-order chi connectivity index (χ1) is 9.68. The summed E-state index contributed by atoms with van der Waals surface area (Å²) < 4.78 is 11.4. The monoisotopic (exact) mass is 276 g/mol. The number of carbonyl (C=O) groups is 1. The summed E-state index contributed by atoms with van der Waals surface area (Å²) in [6, 6.07) is 5.46. The van der Waals surface area contributed by atoms with Crippen LogP contribution in [0.1, 0.15) is 31.4 Å². The topological polar surface area (TPSA) is 64.8 Å². The van der Waals surface area contributed by atoms with Crippen molar-refractivity contribution in [3.63, 3.8) is 0 Å². The molecule has 0 saturated carbocycles. The summed E-state index contributed by atoms with van der Waals surface area (Å²) in [7, 11) is 0. The average Bonchev–Trinajstić information content (AvgIpc) is 2.94. The van der Waals surface area contributed by atoms with Crippen molar-refractivity contribution in [2.45, 2.75) is 31.8 Å². The van der Waals surface area contributed by atoms with Crippen molar-refractivity contribution in [2.24, 2.45) is 5.73 Å². The molecule has 1 saturated heterocycles. The van der Waals surface area contributed by atoms with Crippen molar-refractivity contribution < 1.29 is 14.3 Å². The van der Waals surface area contributed by atoms with Crippen molar-refractivity contribution in [2.75, 3.05) is 19.8 Å². The lowest BCUT2D eigenvalue weighted by molar-refractivity contribution is -0.133. The average molecular weight is 276 g/mol. The summed E-state index contributed by atoms with van der Waals surface area (Å²) in [4.78, 5) is 14.1. The molecular formula is C15H20N2O3. The van der Waals surface area contributed by atoms with Gasteiger partial charge in [0.2, 0.25) is 5.91 Å². The number of hydrogen-bond donors (Lipinski definition) is 1. The minimum Gasteiger partial charge on any atom is -0.486 e. The highest BCUT2D eigenvalue weighted by molar-refractivity contribution is 5.82. The van der Waals surface area contributed by atoms with E-state index in [1.807, 2.05) is 23.1 Å². The van der Waals surface area contributed by atoms with Crippen LogP contribution in [-0.4, -0.2) is 36.6 Å². The van der Waals surface area contributed by atoms with Gasteiger partial charge in [0.15, 0.2) is 11.5 Å². The predicted octanol–water partition coefficient (Wildman–Crippen LogP) is 1.47. The van der Waals surface area contributed by atoms with Gasteiger partial charge in [-0.05, 0) is 25.8 Å². The Balaban J connectivity index is 1.94. The molecule has 3 rings (SSSR count). The third kappa shape index (κ3) is 2.22. The zero-order valence-corrected chi connectivity index (χ0v) is 11.7. The zero-order valence-electron chi connectivity index (χ0n) is 11.7. The lowest BCUT2D eigenvalue weighted by Gasteiger charge is -2.29. The molecule has 0 bridgehead atoms. The summed E-state index contributed by atoms with van der Waals surface area (Å²) >= 11 is 0. The van der Waals surface area contributed by atoms with E-state index in [2.05, 4.69) is 0 Å². The van der Waals surface area contributed by atoms with E-state index in [1.165, 1.54) is 0 Å². The molecule has 2 heterocycles. The molecule has 1 fully saturated rings. The Hall–Kier alpha value is -1.75. The number of ether oxygens (including phenoxy) is 2. The first-order valence-electron chi connectivity index (χ1n) is 7.13. The van der Waals surface area contributed by atoms with Crippen LogP contribution in [0.4, 0.5) is 0 Å². The van der Waals surface area contributed by atoms with Gasteiger partial charge in [-0.2, -0.15) is 0 Å². The van der Waals surface area contributed by atoms with Crippen LogP contribution < -0.4 is 15.2 Å². The Kier molecular flexibility index (Phi) is 3.53. The SMILES string of the molecule is C[C@H](N)C(=O)N1CCCC1c1cccc2c1OCCO2. The minimum atomic E-state index is -0.465. The van der Waals surface area contributed by atoms with Crippen LogP contribution in [0.15, 0.2) is 18.2 Å². The molecule has 2 atom stereocenters. The van der Waals surface area contributed by atoms with Crippen LogP contribution in [0.5, 0.6) is 11.5 Å². The van der Waals surface area contributed by atoms with Crippen molar-refractivity contribution in [3.8, 4) is 11.5 Å². The highest BCUT2D eigenvalue weighted by Crippen LogP contribution is 2.42. The van der Waals surface area contributed by atoms with Crippen LogP contribution in [0.25, 0.3) is 0 Å². The van der Waals surface area contributed by atoms with Crippen molar-refractivity contribution in [1.82, 2.24) is 4.90 Å². The maximum absolute atomic E-state index is 12.2. The molecule has 5 nitrogen and oxygen atoms in total. The molecule has 2 N–H and O–H groups in total. The molecule has 1 aromatic carbocycles. The van der Waals surface area contributed by atoms with E-state index in [0.717, 1.165) is 36.4 Å². The van der Waals surface area contributed by atoms with Gasteiger partial charge in [-0.1, -0.05) is 12.1 Å². The van der Waals surface area contributed by atoms with Gasteiger partial charge < -0.3 is 20.1 Å².